The van der Waals surface area contributed by atoms with E-state index in [0.29, 0.717) is 19.3 Å². The van der Waals surface area contributed by atoms with Gasteiger partial charge in [0.25, 0.3) is 0 Å². The summed E-state index contributed by atoms with van der Waals surface area (Å²) >= 11 is 0. The second-order valence-corrected chi connectivity index (χ2v) is 14.8. The second kappa shape index (κ2) is 28.2. The number of hydrogen-bond donors (Lipinski definition) is 9. The number of carbonyl (C=O) groups excluding carboxylic acids is 1. The van der Waals surface area contributed by atoms with E-state index in [1.807, 2.05) is 0 Å². The maximum absolute atomic E-state index is 13.0. The summed E-state index contributed by atoms with van der Waals surface area (Å²) in [4.78, 5) is 13.0. The first-order valence-electron chi connectivity index (χ1n) is 20.4. The summed E-state index contributed by atoms with van der Waals surface area (Å²) in [6.45, 7) is 2.71. The minimum atomic E-state index is -1.78. The fourth-order valence-electron chi connectivity index (χ4n) is 6.76. The van der Waals surface area contributed by atoms with Gasteiger partial charge in [-0.05, 0) is 38.5 Å². The Balaban J connectivity index is 1.89. The molecule has 12 atom stereocenters. The van der Waals surface area contributed by atoms with Gasteiger partial charge in [-0.25, -0.2) is 0 Å². The van der Waals surface area contributed by atoms with E-state index >= 15 is 0 Å². The highest BCUT2D eigenvalue weighted by Gasteiger charge is 2.50. The number of nitrogens with one attached hydrogen (secondary N) is 1. The Labute approximate surface area is 316 Å². The predicted octanol–water partition coefficient (Wildman–Crippen LogP) is 2.48. The van der Waals surface area contributed by atoms with Crippen LogP contribution in [0.4, 0.5) is 0 Å². The first-order valence-corrected chi connectivity index (χ1v) is 20.4. The molecule has 2 aliphatic rings. The molecule has 12 unspecified atom stereocenters. The summed E-state index contributed by atoms with van der Waals surface area (Å²) in [5.74, 6) is -0.224. The molecule has 53 heavy (non-hydrogen) atoms. The van der Waals surface area contributed by atoms with E-state index in [9.17, 15) is 45.6 Å². The predicted molar refractivity (Wildman–Crippen MR) is 199 cm³/mol. The van der Waals surface area contributed by atoms with Gasteiger partial charge in [0.2, 0.25) is 5.91 Å². The van der Waals surface area contributed by atoms with Crippen LogP contribution in [-0.2, 0) is 23.7 Å². The Hall–Kier alpha value is -1.27. The zero-order valence-corrected chi connectivity index (χ0v) is 32.3. The van der Waals surface area contributed by atoms with Crippen LogP contribution in [0, 0.1) is 0 Å². The summed E-state index contributed by atoms with van der Waals surface area (Å²) in [6, 6.07) is -0.824. The van der Waals surface area contributed by atoms with Crippen LogP contribution in [0.3, 0.4) is 0 Å². The van der Waals surface area contributed by atoms with Gasteiger partial charge in [0.15, 0.2) is 12.6 Å². The van der Waals surface area contributed by atoms with Gasteiger partial charge in [0.05, 0.1) is 32.0 Å². The summed E-state index contributed by atoms with van der Waals surface area (Å²) in [5, 5.41) is 86.0. The van der Waals surface area contributed by atoms with E-state index in [1.54, 1.807) is 0 Å². The first kappa shape index (κ1) is 47.9. The number of rotatable bonds is 29. The van der Waals surface area contributed by atoms with Crippen molar-refractivity contribution in [3.63, 3.8) is 0 Å². The Kier molecular flexibility index (Phi) is 25.5. The maximum Gasteiger partial charge on any atom is 0.220 e. The lowest BCUT2D eigenvalue weighted by Gasteiger charge is -2.46. The third-order valence-corrected chi connectivity index (χ3v) is 10.2. The molecule has 9 N–H and O–H groups in total. The lowest BCUT2D eigenvalue weighted by molar-refractivity contribution is -0.359. The Morgan fingerprint density at radius 2 is 1.19 bits per heavy atom. The summed E-state index contributed by atoms with van der Waals surface area (Å²) < 4.78 is 22.5. The lowest BCUT2D eigenvalue weighted by atomic mass is 9.97. The highest BCUT2D eigenvalue weighted by molar-refractivity contribution is 5.76. The van der Waals surface area contributed by atoms with Crippen molar-refractivity contribution in [2.45, 2.75) is 209 Å². The molecule has 14 nitrogen and oxygen atoms in total. The van der Waals surface area contributed by atoms with Crippen LogP contribution in [0.1, 0.15) is 136 Å². The minimum Gasteiger partial charge on any atom is -0.394 e. The molecule has 0 aliphatic carbocycles. The minimum absolute atomic E-state index is 0.224. The molecule has 2 rings (SSSR count). The zero-order valence-electron chi connectivity index (χ0n) is 32.3. The normalized spacial score (nSPS) is 30.5. The lowest BCUT2D eigenvalue weighted by Crippen LogP contribution is -2.65. The number of amides is 1. The first-order chi connectivity index (χ1) is 25.6. The Bertz CT molecular complexity index is 956. The van der Waals surface area contributed by atoms with Crippen molar-refractivity contribution in [3.05, 3.63) is 12.2 Å². The summed E-state index contributed by atoms with van der Waals surface area (Å²) in [5.41, 5.74) is 0. The van der Waals surface area contributed by atoms with Crippen molar-refractivity contribution in [3.8, 4) is 0 Å². The van der Waals surface area contributed by atoms with Gasteiger partial charge in [0.1, 0.15) is 48.8 Å². The third-order valence-electron chi connectivity index (χ3n) is 10.2. The molecule has 312 valence electrons. The average Bonchev–Trinajstić information content (AvgIpc) is 3.15. The van der Waals surface area contributed by atoms with E-state index < -0.39 is 86.8 Å². The van der Waals surface area contributed by atoms with Gasteiger partial charge >= 0.3 is 0 Å². The summed E-state index contributed by atoms with van der Waals surface area (Å²) in [6.07, 6.45) is 7.00. The molecular weight excluding hydrogens is 690 g/mol. The van der Waals surface area contributed by atoms with Gasteiger partial charge in [0, 0.05) is 6.42 Å². The van der Waals surface area contributed by atoms with Crippen molar-refractivity contribution in [2.24, 2.45) is 0 Å². The van der Waals surface area contributed by atoms with Crippen LogP contribution in [0.5, 0.6) is 0 Å². The van der Waals surface area contributed by atoms with E-state index in [2.05, 4.69) is 31.3 Å². The molecule has 2 heterocycles. The molecule has 0 radical (unpaired) electrons. The highest BCUT2D eigenvalue weighted by Crippen LogP contribution is 2.30. The topological polar surface area (TPSA) is 228 Å². The van der Waals surface area contributed by atoms with Gasteiger partial charge < -0.3 is 65.1 Å². The molecular formula is C39H73NO13. The summed E-state index contributed by atoms with van der Waals surface area (Å²) in [7, 11) is 0. The molecule has 2 fully saturated rings. The van der Waals surface area contributed by atoms with Crippen molar-refractivity contribution in [1.82, 2.24) is 5.32 Å². The molecule has 0 aromatic carbocycles. The van der Waals surface area contributed by atoms with Crippen LogP contribution >= 0.6 is 0 Å². The smallest absolute Gasteiger partial charge is 0.220 e. The van der Waals surface area contributed by atoms with E-state index in [0.717, 1.165) is 77.0 Å². The number of ether oxygens (including phenoxy) is 4. The van der Waals surface area contributed by atoms with E-state index in [4.69, 9.17) is 18.9 Å². The second-order valence-electron chi connectivity index (χ2n) is 14.8. The fraction of sp³-hybridized carbons (Fsp3) is 0.923. The largest absolute Gasteiger partial charge is 0.394 e. The number of allylic oxidation sites excluding steroid dienone is 2. The number of carbonyl (C=O) groups is 1. The molecule has 0 aromatic heterocycles. The van der Waals surface area contributed by atoms with Crippen molar-refractivity contribution < 1.29 is 64.6 Å². The van der Waals surface area contributed by atoms with Gasteiger partial charge in [-0.3, -0.25) is 4.79 Å². The average molecular weight is 764 g/mol. The Morgan fingerprint density at radius 1 is 0.660 bits per heavy atom. The number of unbranched alkanes of at least 4 members (excludes halogenated alkanes) is 14. The molecule has 14 heteroatoms. The molecule has 1 amide bonds. The Morgan fingerprint density at radius 3 is 1.81 bits per heavy atom. The molecule has 2 aliphatic heterocycles. The van der Waals surface area contributed by atoms with Gasteiger partial charge in [-0.1, -0.05) is 103 Å². The van der Waals surface area contributed by atoms with Gasteiger partial charge in [-0.2, -0.15) is 0 Å². The zero-order chi connectivity index (χ0) is 39.0. The van der Waals surface area contributed by atoms with Crippen molar-refractivity contribution in [2.75, 3.05) is 19.8 Å². The van der Waals surface area contributed by atoms with E-state index in [1.165, 1.54) is 25.7 Å². The maximum atomic E-state index is 13.0. The number of aliphatic hydroxyl groups is 8. The van der Waals surface area contributed by atoms with Crippen molar-refractivity contribution in [1.29, 1.82) is 0 Å². The van der Waals surface area contributed by atoms with E-state index in [-0.39, 0.29) is 12.5 Å². The third kappa shape index (κ3) is 17.6. The fourth-order valence-corrected chi connectivity index (χ4v) is 6.76. The SMILES string of the molecule is CCCCCC/C=C\CCCCCCCC(=O)NC(COC1OC(CO)C(OC2OC(CO)C(O)C(O)C2O)C(O)C1O)C(O)CCCCCCCC. The monoisotopic (exact) mass is 764 g/mol. The molecule has 0 bridgehead atoms. The highest BCUT2D eigenvalue weighted by atomic mass is 16.7. The van der Waals surface area contributed by atoms with Crippen molar-refractivity contribution >= 4 is 5.91 Å². The van der Waals surface area contributed by atoms with Crippen LogP contribution in [0.25, 0.3) is 0 Å². The molecule has 0 aromatic rings. The van der Waals surface area contributed by atoms with Crippen LogP contribution in [0.2, 0.25) is 0 Å². The number of hydrogen-bond acceptors (Lipinski definition) is 13. The molecule has 2 saturated heterocycles. The molecule has 0 saturated carbocycles. The molecule has 0 spiro atoms. The standard InChI is InChI=1S/C39H73NO13/c1-3-5-7-9-11-12-13-14-15-16-17-19-21-23-31(44)40-27(28(43)22-20-18-10-8-6-4-2)26-50-38-36(49)34(47)37(30(25-42)52-38)53-39-35(48)33(46)32(45)29(24-41)51-39/h12-13,27-30,32-39,41-43,45-49H,3-11,14-26H2,1-2H3,(H,40,44)/b13-12-. The van der Waals surface area contributed by atoms with Crippen LogP contribution in [0.15, 0.2) is 12.2 Å². The van der Waals surface area contributed by atoms with Crippen LogP contribution < -0.4 is 5.32 Å². The van der Waals surface area contributed by atoms with Crippen LogP contribution in [-0.4, -0.2) is 140 Å². The van der Waals surface area contributed by atoms with Gasteiger partial charge in [-0.15, -0.1) is 0 Å². The number of aliphatic hydroxyl groups excluding tert-OH is 8. The quantitative estimate of drug-likeness (QED) is 0.0395.